The van der Waals surface area contributed by atoms with Gasteiger partial charge in [0.15, 0.2) is 0 Å². The molecule has 1 aliphatic rings. The fourth-order valence-electron chi connectivity index (χ4n) is 1.21. The Kier molecular flexibility index (Phi) is 1.51. The fourth-order valence-corrected chi connectivity index (χ4v) is 1.39. The lowest BCUT2D eigenvalue weighted by atomic mass is 10.1. The van der Waals surface area contributed by atoms with Gasteiger partial charge in [-0.2, -0.15) is 0 Å². The van der Waals surface area contributed by atoms with Crippen LogP contribution in [-0.2, 0) is 0 Å². The third-order valence-corrected chi connectivity index (χ3v) is 2.02. The topological polar surface area (TPSA) is 35.2 Å². The first-order valence-electron chi connectivity index (χ1n) is 3.45. The average Bonchev–Trinajstić information content (AvgIpc) is 2.33. The van der Waals surface area contributed by atoms with Crippen molar-refractivity contribution >= 4 is 11.6 Å². The zero-order valence-electron chi connectivity index (χ0n) is 5.88. The highest BCUT2D eigenvalue weighted by molar-refractivity contribution is 6.30. The minimum Gasteiger partial charge on any atom is -0.491 e. The number of rotatable bonds is 0. The second-order valence-corrected chi connectivity index (χ2v) is 3.04. The quantitative estimate of drug-likeness (QED) is 0.642. The van der Waals surface area contributed by atoms with Gasteiger partial charge in [-0.1, -0.05) is 11.6 Å². The van der Waals surface area contributed by atoms with Crippen molar-refractivity contribution in [2.24, 2.45) is 5.73 Å². The largest absolute Gasteiger partial charge is 0.491 e. The van der Waals surface area contributed by atoms with Crippen LogP contribution in [0, 0.1) is 0 Å². The van der Waals surface area contributed by atoms with Crippen molar-refractivity contribution in [2.75, 3.05) is 6.61 Å². The van der Waals surface area contributed by atoms with E-state index in [2.05, 4.69) is 0 Å². The van der Waals surface area contributed by atoms with Crippen LogP contribution >= 0.6 is 11.6 Å². The Balaban J connectivity index is 2.52. The first-order valence-corrected chi connectivity index (χ1v) is 3.83. The molecule has 1 aliphatic heterocycles. The minimum absolute atomic E-state index is 0.0105. The Hall–Kier alpha value is -0.730. The third-order valence-electron chi connectivity index (χ3n) is 1.79. The van der Waals surface area contributed by atoms with Crippen LogP contribution in [0.15, 0.2) is 18.2 Å². The summed E-state index contributed by atoms with van der Waals surface area (Å²) in [7, 11) is 0. The van der Waals surface area contributed by atoms with Crippen molar-refractivity contribution in [3.63, 3.8) is 0 Å². The van der Waals surface area contributed by atoms with E-state index in [1.54, 1.807) is 6.07 Å². The molecule has 58 valence electrons. The van der Waals surface area contributed by atoms with Crippen LogP contribution in [0.25, 0.3) is 0 Å². The third kappa shape index (κ3) is 1.08. The molecule has 0 spiro atoms. The minimum atomic E-state index is -0.0105. The lowest BCUT2D eigenvalue weighted by molar-refractivity contribution is 0.333. The van der Waals surface area contributed by atoms with E-state index in [1.807, 2.05) is 12.1 Å². The van der Waals surface area contributed by atoms with E-state index in [9.17, 15) is 0 Å². The van der Waals surface area contributed by atoms with Gasteiger partial charge in [-0.3, -0.25) is 0 Å². The van der Waals surface area contributed by atoms with Crippen LogP contribution in [0.5, 0.6) is 5.75 Å². The van der Waals surface area contributed by atoms with E-state index in [0.717, 1.165) is 11.3 Å². The Labute approximate surface area is 69.9 Å². The summed E-state index contributed by atoms with van der Waals surface area (Å²) in [4.78, 5) is 0. The molecule has 0 saturated carbocycles. The lowest BCUT2D eigenvalue weighted by Crippen LogP contribution is -2.10. The number of benzene rings is 1. The number of hydrogen-bond donors (Lipinski definition) is 1. The monoisotopic (exact) mass is 169 g/mol. The summed E-state index contributed by atoms with van der Waals surface area (Å²) < 4.78 is 5.28. The van der Waals surface area contributed by atoms with Crippen LogP contribution in [-0.4, -0.2) is 6.61 Å². The molecule has 1 atom stereocenters. The van der Waals surface area contributed by atoms with E-state index in [0.29, 0.717) is 11.6 Å². The molecule has 0 saturated heterocycles. The maximum atomic E-state index is 5.78. The Bertz CT molecular complexity index is 287. The van der Waals surface area contributed by atoms with E-state index in [-0.39, 0.29) is 6.04 Å². The van der Waals surface area contributed by atoms with Crippen LogP contribution < -0.4 is 10.5 Å². The van der Waals surface area contributed by atoms with Crippen molar-refractivity contribution < 1.29 is 4.74 Å². The predicted molar refractivity (Wildman–Crippen MR) is 43.9 cm³/mol. The molecule has 0 aliphatic carbocycles. The lowest BCUT2D eigenvalue weighted by Gasteiger charge is -1.99. The van der Waals surface area contributed by atoms with Crippen LogP contribution in [0.3, 0.4) is 0 Å². The van der Waals surface area contributed by atoms with Crippen LogP contribution in [0.4, 0.5) is 0 Å². The first kappa shape index (κ1) is 6.95. The zero-order valence-corrected chi connectivity index (χ0v) is 6.64. The summed E-state index contributed by atoms with van der Waals surface area (Å²) in [6.07, 6.45) is 0. The van der Waals surface area contributed by atoms with Gasteiger partial charge in [0.1, 0.15) is 12.4 Å². The summed E-state index contributed by atoms with van der Waals surface area (Å²) in [5.41, 5.74) is 6.74. The summed E-state index contributed by atoms with van der Waals surface area (Å²) in [5.74, 6) is 0.863. The molecule has 11 heavy (non-hydrogen) atoms. The van der Waals surface area contributed by atoms with Gasteiger partial charge in [0.05, 0.1) is 6.04 Å². The Morgan fingerprint density at radius 1 is 1.55 bits per heavy atom. The van der Waals surface area contributed by atoms with E-state index in [4.69, 9.17) is 22.1 Å². The molecule has 3 heteroatoms. The van der Waals surface area contributed by atoms with Gasteiger partial charge in [-0.15, -0.1) is 0 Å². The van der Waals surface area contributed by atoms with Gasteiger partial charge in [0.25, 0.3) is 0 Å². The average molecular weight is 170 g/mol. The molecule has 1 aromatic carbocycles. The molecular weight excluding hydrogens is 162 g/mol. The number of fused-ring (bicyclic) bond motifs is 1. The number of hydrogen-bond acceptors (Lipinski definition) is 2. The van der Waals surface area contributed by atoms with Crippen molar-refractivity contribution in [1.29, 1.82) is 0 Å². The maximum Gasteiger partial charge on any atom is 0.124 e. The molecule has 0 fully saturated rings. The zero-order chi connectivity index (χ0) is 7.84. The van der Waals surface area contributed by atoms with Crippen LogP contribution in [0.1, 0.15) is 11.6 Å². The van der Waals surface area contributed by atoms with Crippen molar-refractivity contribution in [1.82, 2.24) is 0 Å². The summed E-state index contributed by atoms with van der Waals surface area (Å²) in [6, 6.07) is 5.50. The summed E-state index contributed by atoms with van der Waals surface area (Å²) >= 11 is 5.78. The molecule has 1 heterocycles. The molecule has 2 nitrogen and oxygen atoms in total. The Morgan fingerprint density at radius 3 is 3.18 bits per heavy atom. The van der Waals surface area contributed by atoms with Gasteiger partial charge < -0.3 is 10.5 Å². The number of nitrogens with two attached hydrogens (primary N) is 1. The standard InChI is InChI=1S/C8H8ClNO/c9-5-1-2-8-6(3-5)7(10)4-11-8/h1-3,7H,4,10H2/t7-/m0/s1. The summed E-state index contributed by atoms with van der Waals surface area (Å²) in [5, 5.41) is 0.713. The van der Waals surface area contributed by atoms with E-state index >= 15 is 0 Å². The molecule has 2 rings (SSSR count). The molecule has 1 aromatic rings. The summed E-state index contributed by atoms with van der Waals surface area (Å²) in [6.45, 7) is 0.565. The highest BCUT2D eigenvalue weighted by Gasteiger charge is 2.19. The van der Waals surface area contributed by atoms with Crippen LogP contribution in [0.2, 0.25) is 5.02 Å². The molecule has 0 aromatic heterocycles. The van der Waals surface area contributed by atoms with Gasteiger partial charge in [0.2, 0.25) is 0 Å². The van der Waals surface area contributed by atoms with Gasteiger partial charge in [0, 0.05) is 10.6 Å². The van der Waals surface area contributed by atoms with Crippen molar-refractivity contribution in [3.05, 3.63) is 28.8 Å². The first-order chi connectivity index (χ1) is 5.27. The number of ether oxygens (including phenoxy) is 1. The van der Waals surface area contributed by atoms with Gasteiger partial charge >= 0.3 is 0 Å². The normalized spacial score (nSPS) is 21.1. The predicted octanol–water partition coefficient (Wildman–Crippen LogP) is 1.73. The second-order valence-electron chi connectivity index (χ2n) is 2.60. The van der Waals surface area contributed by atoms with E-state index < -0.39 is 0 Å². The molecule has 0 radical (unpaired) electrons. The molecule has 0 unspecified atom stereocenters. The smallest absolute Gasteiger partial charge is 0.124 e. The maximum absolute atomic E-state index is 5.78. The SMILES string of the molecule is N[C@H]1COc2ccc(Cl)cc21. The van der Waals surface area contributed by atoms with Crippen molar-refractivity contribution in [3.8, 4) is 5.75 Å². The highest BCUT2D eigenvalue weighted by atomic mass is 35.5. The molecule has 0 bridgehead atoms. The number of halogens is 1. The highest BCUT2D eigenvalue weighted by Crippen LogP contribution is 2.32. The molecule has 0 amide bonds. The van der Waals surface area contributed by atoms with Crippen molar-refractivity contribution in [2.45, 2.75) is 6.04 Å². The Morgan fingerprint density at radius 2 is 2.36 bits per heavy atom. The second kappa shape index (κ2) is 2.40. The molecular formula is C8H8ClNO. The van der Waals surface area contributed by atoms with E-state index in [1.165, 1.54) is 0 Å². The fraction of sp³-hybridized carbons (Fsp3) is 0.250. The van der Waals surface area contributed by atoms with Gasteiger partial charge in [-0.05, 0) is 18.2 Å². The molecule has 2 N–H and O–H groups in total. The van der Waals surface area contributed by atoms with Gasteiger partial charge in [-0.25, -0.2) is 0 Å².